The summed E-state index contributed by atoms with van der Waals surface area (Å²) in [5.74, 6) is 0. The van der Waals surface area contributed by atoms with Gasteiger partial charge >= 0.3 is 0 Å². The van der Waals surface area contributed by atoms with Crippen LogP contribution in [0.1, 0.15) is 5.56 Å². The molecule has 2 aromatic carbocycles. The molecule has 24 heavy (non-hydrogen) atoms. The number of nitrogens with one attached hydrogen (secondary N) is 1. The minimum absolute atomic E-state index is 0.202. The van der Waals surface area contributed by atoms with E-state index in [-0.39, 0.29) is 4.90 Å². The second kappa shape index (κ2) is 6.52. The molecule has 5 nitrogen and oxygen atoms in total. The second-order valence-corrected chi connectivity index (χ2v) is 6.71. The number of rotatable bonds is 4. The molecular weight excluding hydrogens is 322 g/mol. The number of hydrogen-bond acceptors (Lipinski definition) is 4. The van der Waals surface area contributed by atoms with Gasteiger partial charge in [0, 0.05) is 23.6 Å². The first-order chi connectivity index (χ1) is 11.6. The van der Waals surface area contributed by atoms with Crippen LogP contribution in [0.4, 0.5) is 5.69 Å². The molecule has 1 heterocycles. The van der Waals surface area contributed by atoms with E-state index in [9.17, 15) is 8.42 Å². The number of hydrogen-bond donors (Lipinski definition) is 1. The molecule has 0 bridgehead atoms. The average Bonchev–Trinajstić information content (AvgIpc) is 2.63. The third kappa shape index (κ3) is 3.26. The lowest BCUT2D eigenvalue weighted by Gasteiger charge is -2.09. The summed E-state index contributed by atoms with van der Waals surface area (Å²) in [7, 11) is -3.62. The number of nitriles is 1. The zero-order chi connectivity index (χ0) is 17.0. The molecule has 0 aliphatic rings. The highest BCUT2D eigenvalue weighted by Gasteiger charge is 2.13. The predicted octanol–water partition coefficient (Wildman–Crippen LogP) is 3.42. The molecule has 0 fully saturated rings. The maximum Gasteiger partial charge on any atom is 0.261 e. The van der Waals surface area contributed by atoms with Gasteiger partial charge in [0.2, 0.25) is 0 Å². The van der Waals surface area contributed by atoms with Crippen LogP contribution in [0.3, 0.4) is 0 Å². The van der Waals surface area contributed by atoms with Crippen molar-refractivity contribution in [2.75, 3.05) is 4.72 Å². The summed E-state index contributed by atoms with van der Waals surface area (Å²) in [5.41, 5.74) is 2.47. The van der Waals surface area contributed by atoms with Gasteiger partial charge in [-0.2, -0.15) is 5.26 Å². The molecule has 6 heteroatoms. The molecule has 0 atom stereocenters. The van der Waals surface area contributed by atoms with E-state index in [1.165, 1.54) is 12.1 Å². The number of anilines is 1. The Morgan fingerprint density at radius 2 is 1.67 bits per heavy atom. The monoisotopic (exact) mass is 335 g/mol. The molecule has 0 aliphatic heterocycles. The van der Waals surface area contributed by atoms with Crippen LogP contribution in [-0.4, -0.2) is 13.4 Å². The molecule has 0 unspecified atom stereocenters. The summed E-state index contributed by atoms with van der Waals surface area (Å²) >= 11 is 0. The third-order valence-electron chi connectivity index (χ3n) is 3.44. The van der Waals surface area contributed by atoms with E-state index in [2.05, 4.69) is 15.8 Å². The number of benzene rings is 2. The summed E-state index contributed by atoms with van der Waals surface area (Å²) in [6.07, 6.45) is 3.17. The van der Waals surface area contributed by atoms with Crippen molar-refractivity contribution in [2.24, 2.45) is 0 Å². The van der Waals surface area contributed by atoms with E-state index < -0.39 is 10.0 Å². The Hall–Kier alpha value is -3.17. The van der Waals surface area contributed by atoms with Crippen LogP contribution < -0.4 is 4.72 Å². The summed E-state index contributed by atoms with van der Waals surface area (Å²) in [4.78, 5) is 4.23. The number of nitrogens with zero attached hydrogens (tertiary/aromatic N) is 2. The third-order valence-corrected chi connectivity index (χ3v) is 4.84. The van der Waals surface area contributed by atoms with Gasteiger partial charge in [-0.05, 0) is 35.9 Å². The molecule has 3 aromatic rings. The lowest BCUT2D eigenvalue weighted by molar-refractivity contribution is 0.601. The van der Waals surface area contributed by atoms with E-state index in [1.54, 1.807) is 60.9 Å². The van der Waals surface area contributed by atoms with Gasteiger partial charge in [-0.15, -0.1) is 0 Å². The molecule has 0 saturated carbocycles. The van der Waals surface area contributed by atoms with Crippen molar-refractivity contribution in [1.82, 2.24) is 4.98 Å². The Kier molecular flexibility index (Phi) is 4.27. The maximum atomic E-state index is 12.3. The first-order valence-corrected chi connectivity index (χ1v) is 8.61. The Balaban J connectivity index is 1.87. The van der Waals surface area contributed by atoms with Crippen LogP contribution in [0.15, 0.2) is 78.0 Å². The SMILES string of the molecule is N#Cc1ccncc1-c1ccc(NS(=O)(=O)c2ccccc2)cc1. The Bertz CT molecular complexity index is 992. The molecule has 0 radical (unpaired) electrons. The molecule has 0 amide bonds. The molecule has 1 N–H and O–H groups in total. The molecular formula is C18H13N3O2S. The predicted molar refractivity (Wildman–Crippen MR) is 91.6 cm³/mol. The highest BCUT2D eigenvalue weighted by Crippen LogP contribution is 2.24. The van der Waals surface area contributed by atoms with Crippen molar-refractivity contribution < 1.29 is 8.42 Å². The van der Waals surface area contributed by atoms with E-state index in [0.29, 0.717) is 16.8 Å². The molecule has 0 saturated heterocycles. The van der Waals surface area contributed by atoms with Crippen LogP contribution in [0.5, 0.6) is 0 Å². The fourth-order valence-corrected chi connectivity index (χ4v) is 3.33. The molecule has 0 aliphatic carbocycles. The number of aromatic nitrogens is 1. The normalized spacial score (nSPS) is 10.8. The fraction of sp³-hybridized carbons (Fsp3) is 0. The van der Waals surface area contributed by atoms with Gasteiger partial charge in [-0.25, -0.2) is 8.42 Å². The highest BCUT2D eigenvalue weighted by atomic mass is 32.2. The van der Waals surface area contributed by atoms with E-state index >= 15 is 0 Å². The standard InChI is InChI=1S/C18H13N3O2S/c19-12-15-10-11-20-13-18(15)14-6-8-16(9-7-14)21-24(22,23)17-4-2-1-3-5-17/h1-11,13,21H. The summed E-state index contributed by atoms with van der Waals surface area (Å²) < 4.78 is 27.1. The van der Waals surface area contributed by atoms with Crippen molar-refractivity contribution in [1.29, 1.82) is 5.26 Å². The quantitative estimate of drug-likeness (QED) is 0.792. The van der Waals surface area contributed by atoms with Gasteiger partial charge in [0.05, 0.1) is 16.5 Å². The van der Waals surface area contributed by atoms with Crippen LogP contribution in [0.25, 0.3) is 11.1 Å². The zero-order valence-corrected chi connectivity index (χ0v) is 13.4. The number of sulfonamides is 1. The summed E-state index contributed by atoms with van der Waals surface area (Å²) in [6, 6.07) is 18.7. The van der Waals surface area contributed by atoms with E-state index in [0.717, 1.165) is 5.56 Å². The molecule has 1 aromatic heterocycles. The van der Waals surface area contributed by atoms with Gasteiger partial charge in [-0.1, -0.05) is 30.3 Å². The van der Waals surface area contributed by atoms with Crippen LogP contribution in [0.2, 0.25) is 0 Å². The second-order valence-electron chi connectivity index (χ2n) is 5.03. The van der Waals surface area contributed by atoms with Crippen LogP contribution >= 0.6 is 0 Å². The maximum absolute atomic E-state index is 12.3. The van der Waals surface area contributed by atoms with Crippen molar-refractivity contribution in [3.05, 3.63) is 78.6 Å². The number of pyridine rings is 1. The van der Waals surface area contributed by atoms with Crippen molar-refractivity contribution >= 4 is 15.7 Å². The van der Waals surface area contributed by atoms with E-state index in [1.807, 2.05) is 0 Å². The van der Waals surface area contributed by atoms with Gasteiger partial charge in [0.1, 0.15) is 0 Å². The van der Waals surface area contributed by atoms with Crippen molar-refractivity contribution in [2.45, 2.75) is 4.90 Å². The Morgan fingerprint density at radius 1 is 0.958 bits per heavy atom. The first-order valence-electron chi connectivity index (χ1n) is 7.12. The lowest BCUT2D eigenvalue weighted by atomic mass is 10.0. The Labute approximate surface area is 140 Å². The van der Waals surface area contributed by atoms with E-state index in [4.69, 9.17) is 5.26 Å². The summed E-state index contributed by atoms with van der Waals surface area (Å²) in [5, 5.41) is 9.14. The largest absolute Gasteiger partial charge is 0.280 e. The Morgan fingerprint density at radius 3 is 2.33 bits per heavy atom. The van der Waals surface area contributed by atoms with Gasteiger partial charge < -0.3 is 0 Å². The summed E-state index contributed by atoms with van der Waals surface area (Å²) in [6.45, 7) is 0. The van der Waals surface area contributed by atoms with Crippen LogP contribution in [0, 0.1) is 11.3 Å². The van der Waals surface area contributed by atoms with Gasteiger partial charge in [-0.3, -0.25) is 9.71 Å². The minimum Gasteiger partial charge on any atom is -0.280 e. The van der Waals surface area contributed by atoms with Gasteiger partial charge in [0.25, 0.3) is 10.0 Å². The minimum atomic E-state index is -3.62. The topological polar surface area (TPSA) is 82.8 Å². The lowest BCUT2D eigenvalue weighted by Crippen LogP contribution is -2.12. The zero-order valence-electron chi connectivity index (χ0n) is 12.5. The van der Waals surface area contributed by atoms with Crippen molar-refractivity contribution in [3.8, 4) is 17.2 Å². The molecule has 0 spiro atoms. The highest BCUT2D eigenvalue weighted by molar-refractivity contribution is 7.92. The van der Waals surface area contributed by atoms with Crippen LogP contribution in [-0.2, 0) is 10.0 Å². The van der Waals surface area contributed by atoms with Crippen molar-refractivity contribution in [3.63, 3.8) is 0 Å². The first kappa shape index (κ1) is 15.7. The molecule has 3 rings (SSSR count). The molecule has 118 valence electrons. The smallest absolute Gasteiger partial charge is 0.261 e. The fourth-order valence-electron chi connectivity index (χ4n) is 2.25. The van der Waals surface area contributed by atoms with Gasteiger partial charge in [0.15, 0.2) is 0 Å². The average molecular weight is 335 g/mol.